The highest BCUT2D eigenvalue weighted by atomic mass is 16.5. The number of aliphatic hydroxyl groups excluding tert-OH is 1. The first kappa shape index (κ1) is 19.8. The smallest absolute Gasteiger partial charge is 0.222 e. The molecule has 0 aromatic carbocycles. The number of hydrogen-bond donors (Lipinski definition) is 2. The lowest BCUT2D eigenvalue weighted by atomic mass is 9.73. The van der Waals surface area contributed by atoms with E-state index in [1.165, 1.54) is 6.92 Å². The summed E-state index contributed by atoms with van der Waals surface area (Å²) in [6.45, 7) is 4.93. The Balaban J connectivity index is 1.58. The van der Waals surface area contributed by atoms with Crippen LogP contribution in [0.1, 0.15) is 45.2 Å². The Labute approximate surface area is 159 Å². The third-order valence-electron chi connectivity index (χ3n) is 6.05. The van der Waals surface area contributed by atoms with Gasteiger partial charge in [0.2, 0.25) is 11.8 Å². The maximum absolute atomic E-state index is 12.6. The molecule has 2 fully saturated rings. The lowest BCUT2D eigenvalue weighted by Crippen LogP contribution is -2.69. The van der Waals surface area contributed by atoms with Crippen LogP contribution in [0, 0.1) is 0 Å². The second kappa shape index (κ2) is 7.59. The Morgan fingerprint density at radius 3 is 2.67 bits per heavy atom. The number of likely N-dealkylation sites (tertiary alicyclic amines) is 1. The van der Waals surface area contributed by atoms with Gasteiger partial charge in [0.15, 0.2) is 0 Å². The molecule has 0 saturated carbocycles. The summed E-state index contributed by atoms with van der Waals surface area (Å²) in [5.74, 6) is -0.0441. The van der Waals surface area contributed by atoms with Crippen LogP contribution >= 0.6 is 0 Å². The van der Waals surface area contributed by atoms with E-state index in [0.717, 1.165) is 5.69 Å². The molecule has 8 heteroatoms. The van der Waals surface area contributed by atoms with E-state index in [-0.39, 0.29) is 11.8 Å². The summed E-state index contributed by atoms with van der Waals surface area (Å²) in [6.07, 6.45) is 3.76. The highest BCUT2D eigenvalue weighted by molar-refractivity contribution is 5.76. The Bertz CT molecular complexity index is 696. The van der Waals surface area contributed by atoms with Crippen LogP contribution in [0.5, 0.6) is 0 Å². The van der Waals surface area contributed by atoms with Crippen molar-refractivity contribution in [1.29, 1.82) is 0 Å². The molecule has 0 aliphatic carbocycles. The van der Waals surface area contributed by atoms with Crippen LogP contribution < -0.4 is 5.32 Å². The number of piperidine rings is 1. The molecule has 2 aliphatic rings. The van der Waals surface area contributed by atoms with E-state index in [2.05, 4.69) is 10.4 Å². The van der Waals surface area contributed by atoms with Gasteiger partial charge in [0.05, 0.1) is 11.1 Å². The highest BCUT2D eigenvalue weighted by Gasteiger charge is 2.53. The molecule has 3 heterocycles. The third kappa shape index (κ3) is 4.01. The number of aryl methyl sites for hydroxylation is 2. The van der Waals surface area contributed by atoms with Crippen molar-refractivity contribution in [3.63, 3.8) is 0 Å². The molecular weight excluding hydrogens is 348 g/mol. The summed E-state index contributed by atoms with van der Waals surface area (Å²) >= 11 is 0. The largest absolute Gasteiger partial charge is 0.388 e. The first-order valence-electron chi connectivity index (χ1n) is 9.61. The monoisotopic (exact) mass is 378 g/mol. The molecule has 2 atom stereocenters. The zero-order chi connectivity index (χ0) is 19.7. The van der Waals surface area contributed by atoms with Gasteiger partial charge in [-0.3, -0.25) is 14.3 Å². The fraction of sp³-hybridized carbons (Fsp3) is 0.737. The van der Waals surface area contributed by atoms with E-state index in [1.54, 1.807) is 10.9 Å². The van der Waals surface area contributed by atoms with Crippen LogP contribution in [0.15, 0.2) is 12.3 Å². The van der Waals surface area contributed by atoms with E-state index in [1.807, 2.05) is 24.9 Å². The van der Waals surface area contributed by atoms with Gasteiger partial charge >= 0.3 is 0 Å². The number of nitrogens with one attached hydrogen (secondary N) is 1. The van der Waals surface area contributed by atoms with Gasteiger partial charge < -0.3 is 20.1 Å². The maximum atomic E-state index is 12.6. The second-order valence-corrected chi connectivity index (χ2v) is 7.99. The van der Waals surface area contributed by atoms with Crippen molar-refractivity contribution in [2.75, 3.05) is 19.7 Å². The SMILES string of the molecule is CC(=O)N[C@]1(C)CCOC2(CCN(C(=O)CCc3ccnn3C)CC2)[C@H]1O. The number of ether oxygens (including phenoxy) is 1. The summed E-state index contributed by atoms with van der Waals surface area (Å²) in [7, 11) is 1.87. The summed E-state index contributed by atoms with van der Waals surface area (Å²) in [5, 5.41) is 18.0. The quantitative estimate of drug-likeness (QED) is 0.790. The molecule has 2 saturated heterocycles. The van der Waals surface area contributed by atoms with Gasteiger partial charge in [0.25, 0.3) is 0 Å². The van der Waals surface area contributed by atoms with E-state index in [4.69, 9.17) is 4.74 Å². The van der Waals surface area contributed by atoms with Crippen molar-refractivity contribution in [2.24, 2.45) is 7.05 Å². The normalized spacial score (nSPS) is 27.6. The number of aromatic nitrogens is 2. The summed E-state index contributed by atoms with van der Waals surface area (Å²) in [6, 6.07) is 1.92. The van der Waals surface area contributed by atoms with Crippen LogP contribution in [0.25, 0.3) is 0 Å². The molecule has 150 valence electrons. The predicted octanol–water partition coefficient (Wildman–Crippen LogP) is 0.390. The number of aliphatic hydroxyl groups is 1. The maximum Gasteiger partial charge on any atom is 0.222 e. The molecule has 1 aromatic heterocycles. The molecule has 2 amide bonds. The first-order chi connectivity index (χ1) is 12.8. The van der Waals surface area contributed by atoms with Gasteiger partial charge in [-0.2, -0.15) is 5.10 Å². The van der Waals surface area contributed by atoms with Crippen molar-refractivity contribution in [2.45, 2.75) is 63.2 Å². The number of nitrogens with zero attached hydrogens (tertiary/aromatic N) is 3. The van der Waals surface area contributed by atoms with Gasteiger partial charge in [0, 0.05) is 52.0 Å². The molecule has 27 heavy (non-hydrogen) atoms. The van der Waals surface area contributed by atoms with Gasteiger partial charge in [0.1, 0.15) is 6.10 Å². The van der Waals surface area contributed by atoms with E-state index < -0.39 is 17.2 Å². The van der Waals surface area contributed by atoms with Crippen LogP contribution in [-0.4, -0.2) is 68.5 Å². The van der Waals surface area contributed by atoms with Crippen LogP contribution in [0.2, 0.25) is 0 Å². The minimum Gasteiger partial charge on any atom is -0.388 e. The Morgan fingerprint density at radius 2 is 2.07 bits per heavy atom. The molecule has 1 spiro atoms. The Kier molecular flexibility index (Phi) is 5.58. The number of hydrogen-bond acceptors (Lipinski definition) is 5. The van der Waals surface area contributed by atoms with Crippen LogP contribution in [0.4, 0.5) is 0 Å². The van der Waals surface area contributed by atoms with Gasteiger partial charge in [-0.05, 0) is 38.7 Å². The zero-order valence-corrected chi connectivity index (χ0v) is 16.4. The number of carbonyl (C=O) groups is 2. The molecular formula is C19H30N4O4. The van der Waals surface area contributed by atoms with Gasteiger partial charge in [-0.15, -0.1) is 0 Å². The molecule has 3 rings (SSSR count). The zero-order valence-electron chi connectivity index (χ0n) is 16.4. The van der Waals surface area contributed by atoms with Crippen molar-refractivity contribution in [3.8, 4) is 0 Å². The lowest BCUT2D eigenvalue weighted by molar-refractivity contribution is -0.207. The molecule has 0 unspecified atom stereocenters. The van der Waals surface area contributed by atoms with Crippen LogP contribution in [0.3, 0.4) is 0 Å². The minimum absolute atomic E-state index is 0.112. The molecule has 8 nitrogen and oxygen atoms in total. The van der Waals surface area contributed by atoms with E-state index in [9.17, 15) is 14.7 Å². The lowest BCUT2D eigenvalue weighted by Gasteiger charge is -2.53. The number of carbonyl (C=O) groups excluding carboxylic acids is 2. The summed E-state index contributed by atoms with van der Waals surface area (Å²) in [5.41, 5.74) is -0.363. The number of amides is 2. The highest BCUT2D eigenvalue weighted by Crippen LogP contribution is 2.40. The van der Waals surface area contributed by atoms with E-state index >= 15 is 0 Å². The molecule has 2 aliphatic heterocycles. The van der Waals surface area contributed by atoms with Gasteiger partial charge in [-0.25, -0.2) is 0 Å². The fourth-order valence-corrected chi connectivity index (χ4v) is 4.39. The number of rotatable bonds is 4. The van der Waals surface area contributed by atoms with Crippen molar-refractivity contribution < 1.29 is 19.4 Å². The van der Waals surface area contributed by atoms with Crippen LogP contribution in [-0.2, 0) is 27.8 Å². The Hall–Kier alpha value is -1.93. The van der Waals surface area contributed by atoms with E-state index in [0.29, 0.717) is 51.8 Å². The topological polar surface area (TPSA) is 96.7 Å². The molecule has 1 aromatic rings. The predicted molar refractivity (Wildman–Crippen MR) is 98.9 cm³/mol. The molecule has 2 N–H and O–H groups in total. The second-order valence-electron chi connectivity index (χ2n) is 7.99. The van der Waals surface area contributed by atoms with Crippen molar-refractivity contribution in [1.82, 2.24) is 20.0 Å². The average Bonchev–Trinajstić information content (AvgIpc) is 3.03. The summed E-state index contributed by atoms with van der Waals surface area (Å²) < 4.78 is 7.79. The Morgan fingerprint density at radius 1 is 1.37 bits per heavy atom. The standard InChI is InChI=1S/C19H30N4O4/c1-14(24)21-18(2)9-13-27-19(17(18)26)7-11-23(12-8-19)16(25)5-4-15-6-10-20-22(15)3/h6,10,17,26H,4-5,7-9,11-13H2,1-3H3,(H,21,24)/t17-,18+/m0/s1. The fourth-order valence-electron chi connectivity index (χ4n) is 4.39. The first-order valence-corrected chi connectivity index (χ1v) is 9.61. The third-order valence-corrected chi connectivity index (χ3v) is 6.05. The van der Waals surface area contributed by atoms with Crippen molar-refractivity contribution >= 4 is 11.8 Å². The molecule has 0 radical (unpaired) electrons. The molecule has 0 bridgehead atoms. The minimum atomic E-state index is -0.797. The summed E-state index contributed by atoms with van der Waals surface area (Å²) in [4.78, 5) is 26.0. The van der Waals surface area contributed by atoms with Gasteiger partial charge in [-0.1, -0.05) is 0 Å². The average molecular weight is 378 g/mol. The van der Waals surface area contributed by atoms with Crippen molar-refractivity contribution in [3.05, 3.63) is 18.0 Å².